The molecule has 4 N–H and O–H groups in total. The van der Waals surface area contributed by atoms with Gasteiger partial charge in [-0.1, -0.05) is 40.1 Å². The first-order valence-electron chi connectivity index (χ1n) is 7.43. The number of aromatic amines is 1. The molecule has 2 heterocycles. The standard InChI is InChI=1S/C15H21N3OS2/c16-15(19)11-5-3-6-12-14(11)18-13(17-12)7-2-1-4-10-8-9-20-21-10/h3,5-6,10,15,19H,1-2,4,7-9,16H2,(H,17,18). The Hall–Kier alpha value is -0.690. The van der Waals surface area contributed by atoms with Crippen LogP contribution in [0.3, 0.4) is 0 Å². The highest BCUT2D eigenvalue weighted by Gasteiger charge is 2.16. The number of fused-ring (bicyclic) bond motifs is 1. The fourth-order valence-corrected chi connectivity index (χ4v) is 5.72. The van der Waals surface area contributed by atoms with Gasteiger partial charge in [-0.15, -0.1) is 0 Å². The van der Waals surface area contributed by atoms with E-state index in [9.17, 15) is 5.11 Å². The van der Waals surface area contributed by atoms with E-state index >= 15 is 0 Å². The highest BCUT2D eigenvalue weighted by molar-refractivity contribution is 8.77. The SMILES string of the molecule is NC(O)c1cccc2[nH]c(CCCCC3CCSS3)nc12. The zero-order chi connectivity index (χ0) is 14.7. The lowest BCUT2D eigenvalue weighted by atomic mass is 10.1. The number of imidazole rings is 1. The molecule has 0 aliphatic carbocycles. The van der Waals surface area contributed by atoms with Crippen molar-refractivity contribution in [3.63, 3.8) is 0 Å². The highest BCUT2D eigenvalue weighted by atomic mass is 33.1. The highest BCUT2D eigenvalue weighted by Crippen LogP contribution is 2.39. The number of nitrogens with two attached hydrogens (primary N) is 1. The summed E-state index contributed by atoms with van der Waals surface area (Å²) in [4.78, 5) is 7.93. The first-order chi connectivity index (χ1) is 10.2. The zero-order valence-electron chi connectivity index (χ0n) is 11.9. The van der Waals surface area contributed by atoms with Gasteiger partial charge in [0.25, 0.3) is 0 Å². The number of H-pyrrole nitrogens is 1. The monoisotopic (exact) mass is 323 g/mol. The van der Waals surface area contributed by atoms with Gasteiger partial charge in [-0.3, -0.25) is 0 Å². The Morgan fingerprint density at radius 1 is 1.43 bits per heavy atom. The van der Waals surface area contributed by atoms with Crippen molar-refractivity contribution in [1.29, 1.82) is 0 Å². The Bertz CT molecular complexity index is 594. The van der Waals surface area contributed by atoms with Gasteiger partial charge in [0.05, 0.1) is 11.0 Å². The topological polar surface area (TPSA) is 74.9 Å². The second-order valence-electron chi connectivity index (χ2n) is 5.45. The zero-order valence-corrected chi connectivity index (χ0v) is 13.6. The molecule has 1 aromatic carbocycles. The Labute approximate surface area is 132 Å². The summed E-state index contributed by atoms with van der Waals surface area (Å²) in [5.74, 6) is 2.30. The van der Waals surface area contributed by atoms with Crippen molar-refractivity contribution in [2.24, 2.45) is 5.73 Å². The fourth-order valence-electron chi connectivity index (χ4n) is 2.69. The number of para-hydroxylation sites is 1. The third kappa shape index (κ3) is 3.74. The maximum atomic E-state index is 9.59. The number of aryl methyl sites for hydroxylation is 1. The minimum atomic E-state index is -0.971. The molecule has 0 saturated carbocycles. The van der Waals surface area contributed by atoms with Gasteiger partial charge in [0, 0.05) is 23.0 Å². The molecule has 21 heavy (non-hydrogen) atoms. The smallest absolute Gasteiger partial charge is 0.130 e. The minimum Gasteiger partial charge on any atom is -0.374 e. The first-order valence-corrected chi connectivity index (χ1v) is 9.81. The van der Waals surface area contributed by atoms with Crippen molar-refractivity contribution in [2.45, 2.75) is 43.6 Å². The Morgan fingerprint density at radius 3 is 3.10 bits per heavy atom. The van der Waals surface area contributed by atoms with Crippen LogP contribution in [0, 0.1) is 0 Å². The van der Waals surface area contributed by atoms with E-state index in [1.54, 1.807) is 0 Å². The number of rotatable bonds is 6. The van der Waals surface area contributed by atoms with Gasteiger partial charge >= 0.3 is 0 Å². The molecule has 1 aliphatic rings. The molecule has 1 saturated heterocycles. The molecule has 114 valence electrons. The number of hydrogen-bond acceptors (Lipinski definition) is 5. The number of nitrogens with one attached hydrogen (secondary N) is 1. The van der Waals surface area contributed by atoms with Crippen molar-refractivity contribution >= 4 is 32.6 Å². The Morgan fingerprint density at radius 2 is 2.33 bits per heavy atom. The van der Waals surface area contributed by atoms with Gasteiger partial charge in [0.2, 0.25) is 0 Å². The predicted molar refractivity (Wildman–Crippen MR) is 91.2 cm³/mol. The van der Waals surface area contributed by atoms with Crippen LogP contribution in [0.1, 0.15) is 43.3 Å². The number of aliphatic hydroxyl groups excluding tert-OH is 1. The van der Waals surface area contributed by atoms with Crippen LogP contribution in [0.2, 0.25) is 0 Å². The van der Waals surface area contributed by atoms with Crippen LogP contribution >= 0.6 is 21.6 Å². The summed E-state index contributed by atoms with van der Waals surface area (Å²) in [6, 6.07) is 5.70. The second kappa shape index (κ2) is 7.05. The molecule has 4 nitrogen and oxygen atoms in total. The van der Waals surface area contributed by atoms with Gasteiger partial charge in [0.15, 0.2) is 0 Å². The largest absolute Gasteiger partial charge is 0.374 e. The number of unbranched alkanes of at least 4 members (excludes halogenated alkanes) is 1. The maximum absolute atomic E-state index is 9.59. The fraction of sp³-hybridized carbons (Fsp3) is 0.533. The van der Waals surface area contributed by atoms with Crippen LogP contribution in [-0.4, -0.2) is 26.1 Å². The van der Waals surface area contributed by atoms with Crippen LogP contribution in [0.15, 0.2) is 18.2 Å². The second-order valence-corrected chi connectivity index (χ2v) is 8.23. The Balaban J connectivity index is 1.58. The minimum absolute atomic E-state index is 0.689. The van der Waals surface area contributed by atoms with Crippen LogP contribution in [0.25, 0.3) is 11.0 Å². The van der Waals surface area contributed by atoms with E-state index in [1.165, 1.54) is 25.0 Å². The molecule has 2 aromatic rings. The molecular weight excluding hydrogens is 302 g/mol. The normalized spacial score (nSPS) is 20.2. The molecule has 1 aromatic heterocycles. The van der Waals surface area contributed by atoms with Crippen molar-refractivity contribution in [2.75, 3.05) is 5.75 Å². The number of benzene rings is 1. The maximum Gasteiger partial charge on any atom is 0.130 e. The molecule has 1 fully saturated rings. The van der Waals surface area contributed by atoms with E-state index in [1.807, 2.05) is 39.8 Å². The molecule has 0 bridgehead atoms. The van der Waals surface area contributed by atoms with E-state index in [-0.39, 0.29) is 0 Å². The summed E-state index contributed by atoms with van der Waals surface area (Å²) in [5, 5.41) is 10.4. The molecule has 2 unspecified atom stereocenters. The van der Waals surface area contributed by atoms with Gasteiger partial charge in [-0.2, -0.15) is 0 Å². The van der Waals surface area contributed by atoms with Gasteiger partial charge in [-0.05, 0) is 25.3 Å². The molecule has 1 aliphatic heterocycles. The first kappa shape index (κ1) is 15.2. The van der Waals surface area contributed by atoms with Gasteiger partial charge < -0.3 is 15.8 Å². The van der Waals surface area contributed by atoms with Crippen LogP contribution in [0.5, 0.6) is 0 Å². The van der Waals surface area contributed by atoms with Crippen LogP contribution in [-0.2, 0) is 6.42 Å². The van der Waals surface area contributed by atoms with E-state index in [4.69, 9.17) is 5.73 Å². The lowest BCUT2D eigenvalue weighted by Gasteiger charge is -2.05. The van der Waals surface area contributed by atoms with E-state index < -0.39 is 6.23 Å². The molecule has 3 rings (SSSR count). The number of aliphatic hydroxyl groups is 1. The van der Waals surface area contributed by atoms with Gasteiger partial charge in [0.1, 0.15) is 12.1 Å². The van der Waals surface area contributed by atoms with E-state index in [0.29, 0.717) is 5.56 Å². The quantitative estimate of drug-likeness (QED) is 0.432. The van der Waals surface area contributed by atoms with E-state index in [2.05, 4.69) is 9.97 Å². The summed E-state index contributed by atoms with van der Waals surface area (Å²) in [6.45, 7) is 0. The summed E-state index contributed by atoms with van der Waals surface area (Å²) in [7, 11) is 4.06. The number of nitrogens with zero attached hydrogens (tertiary/aromatic N) is 1. The number of hydrogen-bond donors (Lipinski definition) is 3. The summed E-state index contributed by atoms with van der Waals surface area (Å²) < 4.78 is 0. The molecule has 0 spiro atoms. The molecule has 2 atom stereocenters. The van der Waals surface area contributed by atoms with Crippen molar-refractivity contribution in [3.8, 4) is 0 Å². The Kier molecular flexibility index (Phi) is 5.11. The summed E-state index contributed by atoms with van der Waals surface area (Å²) >= 11 is 0. The molecule has 6 heteroatoms. The van der Waals surface area contributed by atoms with Crippen LogP contribution in [0.4, 0.5) is 0 Å². The van der Waals surface area contributed by atoms with Gasteiger partial charge in [-0.25, -0.2) is 4.98 Å². The van der Waals surface area contributed by atoms with Crippen LogP contribution < -0.4 is 5.73 Å². The predicted octanol–water partition coefficient (Wildman–Crippen LogP) is 3.38. The van der Waals surface area contributed by atoms with Crippen molar-refractivity contribution in [3.05, 3.63) is 29.6 Å². The average molecular weight is 323 g/mol. The molecular formula is C15H21N3OS2. The third-order valence-electron chi connectivity index (χ3n) is 3.83. The molecule has 0 amide bonds. The average Bonchev–Trinajstić information content (AvgIpc) is 3.11. The summed E-state index contributed by atoms with van der Waals surface area (Å²) in [5.41, 5.74) is 8.02. The number of aromatic nitrogens is 2. The van der Waals surface area contributed by atoms with E-state index in [0.717, 1.165) is 34.9 Å². The van der Waals surface area contributed by atoms with Crippen molar-refractivity contribution < 1.29 is 5.11 Å². The lowest BCUT2D eigenvalue weighted by Crippen LogP contribution is -2.08. The van der Waals surface area contributed by atoms with Crippen molar-refractivity contribution in [1.82, 2.24) is 9.97 Å². The third-order valence-corrected chi connectivity index (χ3v) is 6.84. The lowest BCUT2D eigenvalue weighted by molar-refractivity contribution is 0.187. The summed E-state index contributed by atoms with van der Waals surface area (Å²) in [6.07, 6.45) is 5.06. The molecule has 0 radical (unpaired) electrons.